The molecule has 1 aromatic rings. The Kier molecular flexibility index (Phi) is 7.39. The Morgan fingerprint density at radius 3 is 2.38 bits per heavy atom. The maximum absolute atomic E-state index is 5.55. The number of hydrogen-bond acceptors (Lipinski definition) is 2. The summed E-state index contributed by atoms with van der Waals surface area (Å²) in [6.07, 6.45) is 3.86. The van der Waals surface area contributed by atoms with Gasteiger partial charge >= 0.3 is 0 Å². The summed E-state index contributed by atoms with van der Waals surface area (Å²) in [7, 11) is 0. The third-order valence-electron chi connectivity index (χ3n) is 2.17. The highest BCUT2D eigenvalue weighted by molar-refractivity contribution is 5.13. The molecule has 0 bridgehead atoms. The average molecular weight is 220 g/mol. The molecule has 0 N–H and O–H groups in total. The van der Waals surface area contributed by atoms with Crippen molar-refractivity contribution in [2.24, 2.45) is 0 Å². The van der Waals surface area contributed by atoms with Crippen LogP contribution in [0.2, 0.25) is 0 Å². The molecule has 1 rings (SSSR count). The first-order chi connectivity index (χ1) is 7.93. The average Bonchev–Trinajstić information content (AvgIpc) is 2.34. The Labute approximate surface area is 97.9 Å². The van der Waals surface area contributed by atoms with E-state index in [2.05, 4.69) is 18.7 Å². The van der Waals surface area contributed by atoms with Gasteiger partial charge in [-0.25, -0.2) is 0 Å². The molecule has 0 aliphatic carbocycles. The molecule has 88 valence electrons. The quantitative estimate of drug-likeness (QED) is 0.470. The van der Waals surface area contributed by atoms with Crippen molar-refractivity contribution >= 4 is 0 Å². The van der Waals surface area contributed by atoms with Gasteiger partial charge in [0.15, 0.2) is 0 Å². The summed E-state index contributed by atoms with van der Waals surface area (Å²) in [5.74, 6) is 0. The van der Waals surface area contributed by atoms with Crippen molar-refractivity contribution in [3.8, 4) is 0 Å². The van der Waals surface area contributed by atoms with Crippen molar-refractivity contribution < 1.29 is 9.47 Å². The number of ether oxygens (including phenoxy) is 2. The highest BCUT2D eigenvalue weighted by atomic mass is 16.5. The topological polar surface area (TPSA) is 18.5 Å². The molecule has 0 spiro atoms. The van der Waals surface area contributed by atoms with Crippen molar-refractivity contribution in [2.75, 3.05) is 19.8 Å². The highest BCUT2D eigenvalue weighted by Crippen LogP contribution is 2.01. The van der Waals surface area contributed by atoms with E-state index in [4.69, 9.17) is 9.47 Å². The largest absolute Gasteiger partial charge is 0.377 e. The first-order valence-corrected chi connectivity index (χ1v) is 5.74. The number of hydrogen-bond donors (Lipinski definition) is 0. The lowest BCUT2D eigenvalue weighted by Gasteiger charge is -2.04. The molecule has 0 aromatic heterocycles. The lowest BCUT2D eigenvalue weighted by Crippen LogP contribution is -1.99. The van der Waals surface area contributed by atoms with Crippen molar-refractivity contribution in [1.82, 2.24) is 0 Å². The standard InChI is InChI=1S/C14H20O2/c1-2-10-15-11-6-7-12-16-13-14-8-4-3-5-9-14/h2-5,8-9H,1,6-7,10-13H2. The lowest BCUT2D eigenvalue weighted by molar-refractivity contribution is 0.103. The van der Waals surface area contributed by atoms with E-state index in [1.54, 1.807) is 6.08 Å². The smallest absolute Gasteiger partial charge is 0.0716 e. The Balaban J connectivity index is 1.90. The second-order valence-electron chi connectivity index (χ2n) is 3.61. The van der Waals surface area contributed by atoms with E-state index in [9.17, 15) is 0 Å². The zero-order valence-electron chi connectivity index (χ0n) is 9.73. The summed E-state index contributed by atoms with van der Waals surface area (Å²) >= 11 is 0. The predicted octanol–water partition coefficient (Wildman–Crippen LogP) is 3.19. The molecule has 0 aliphatic heterocycles. The summed E-state index contributed by atoms with van der Waals surface area (Å²) in [4.78, 5) is 0. The molecule has 2 nitrogen and oxygen atoms in total. The second kappa shape index (κ2) is 9.13. The van der Waals surface area contributed by atoms with Gasteiger partial charge in [0.25, 0.3) is 0 Å². The molecule has 0 fully saturated rings. The summed E-state index contributed by atoms with van der Waals surface area (Å²) in [5.41, 5.74) is 1.23. The van der Waals surface area contributed by atoms with Crippen LogP contribution in [0.25, 0.3) is 0 Å². The van der Waals surface area contributed by atoms with Crippen LogP contribution in [-0.2, 0) is 16.1 Å². The van der Waals surface area contributed by atoms with Gasteiger partial charge in [-0.2, -0.15) is 0 Å². The fourth-order valence-electron chi connectivity index (χ4n) is 1.34. The summed E-state index contributed by atoms with van der Waals surface area (Å²) in [6.45, 7) is 6.53. The number of unbranched alkanes of at least 4 members (excludes halogenated alkanes) is 1. The molecule has 0 saturated carbocycles. The SMILES string of the molecule is C=CCOCCCCOCc1ccccc1. The van der Waals surface area contributed by atoms with E-state index in [0.717, 1.165) is 26.1 Å². The molecule has 0 atom stereocenters. The first-order valence-electron chi connectivity index (χ1n) is 5.74. The first kappa shape index (κ1) is 12.9. The molecule has 2 heteroatoms. The van der Waals surface area contributed by atoms with Crippen LogP contribution in [0.15, 0.2) is 43.0 Å². The second-order valence-corrected chi connectivity index (χ2v) is 3.61. The fraction of sp³-hybridized carbons (Fsp3) is 0.429. The Bertz CT molecular complexity index is 269. The molecule has 1 aromatic carbocycles. The van der Waals surface area contributed by atoms with Gasteiger partial charge < -0.3 is 9.47 Å². The minimum atomic E-state index is 0.644. The number of rotatable bonds is 9. The lowest BCUT2D eigenvalue weighted by atomic mass is 10.2. The van der Waals surface area contributed by atoms with Gasteiger partial charge in [0.2, 0.25) is 0 Å². The van der Waals surface area contributed by atoms with Gasteiger partial charge in [0.05, 0.1) is 13.2 Å². The van der Waals surface area contributed by atoms with E-state index in [1.165, 1.54) is 5.56 Å². The minimum Gasteiger partial charge on any atom is -0.377 e. The van der Waals surface area contributed by atoms with Gasteiger partial charge in [-0.05, 0) is 18.4 Å². The Morgan fingerprint density at radius 1 is 1.00 bits per heavy atom. The molecule has 0 amide bonds. The van der Waals surface area contributed by atoms with Gasteiger partial charge in [-0.1, -0.05) is 36.4 Å². The Hall–Kier alpha value is -1.12. The molecular formula is C14H20O2. The van der Waals surface area contributed by atoms with Crippen LogP contribution in [0.4, 0.5) is 0 Å². The van der Waals surface area contributed by atoms with E-state index < -0.39 is 0 Å². The van der Waals surface area contributed by atoms with Crippen LogP contribution in [0, 0.1) is 0 Å². The van der Waals surface area contributed by atoms with Crippen molar-refractivity contribution in [2.45, 2.75) is 19.4 Å². The third kappa shape index (κ3) is 6.38. The molecule has 0 saturated heterocycles. The minimum absolute atomic E-state index is 0.644. The van der Waals surface area contributed by atoms with E-state index in [0.29, 0.717) is 13.2 Å². The molecule has 0 unspecified atom stereocenters. The summed E-state index contributed by atoms with van der Waals surface area (Å²) in [6, 6.07) is 10.2. The van der Waals surface area contributed by atoms with Crippen LogP contribution in [0.5, 0.6) is 0 Å². The summed E-state index contributed by atoms with van der Waals surface area (Å²) < 4.78 is 10.8. The van der Waals surface area contributed by atoms with Gasteiger partial charge in [0, 0.05) is 13.2 Å². The van der Waals surface area contributed by atoms with Gasteiger partial charge in [-0.3, -0.25) is 0 Å². The van der Waals surface area contributed by atoms with Gasteiger partial charge in [0.1, 0.15) is 0 Å². The predicted molar refractivity (Wildman–Crippen MR) is 66.3 cm³/mol. The zero-order chi connectivity index (χ0) is 11.5. The molecule has 0 radical (unpaired) electrons. The van der Waals surface area contributed by atoms with E-state index in [-0.39, 0.29) is 0 Å². The molecule has 16 heavy (non-hydrogen) atoms. The van der Waals surface area contributed by atoms with Crippen LogP contribution in [0.1, 0.15) is 18.4 Å². The zero-order valence-corrected chi connectivity index (χ0v) is 9.73. The normalized spacial score (nSPS) is 10.2. The van der Waals surface area contributed by atoms with E-state index >= 15 is 0 Å². The molecule has 0 aliphatic rings. The van der Waals surface area contributed by atoms with Crippen molar-refractivity contribution in [1.29, 1.82) is 0 Å². The molecular weight excluding hydrogens is 200 g/mol. The van der Waals surface area contributed by atoms with Crippen LogP contribution in [0.3, 0.4) is 0 Å². The monoisotopic (exact) mass is 220 g/mol. The maximum Gasteiger partial charge on any atom is 0.0716 e. The number of benzene rings is 1. The van der Waals surface area contributed by atoms with Crippen LogP contribution >= 0.6 is 0 Å². The third-order valence-corrected chi connectivity index (χ3v) is 2.17. The summed E-state index contributed by atoms with van der Waals surface area (Å²) in [5, 5.41) is 0. The fourth-order valence-corrected chi connectivity index (χ4v) is 1.34. The molecule has 0 heterocycles. The van der Waals surface area contributed by atoms with Crippen molar-refractivity contribution in [3.63, 3.8) is 0 Å². The Morgan fingerprint density at radius 2 is 1.69 bits per heavy atom. The van der Waals surface area contributed by atoms with E-state index in [1.807, 2.05) is 18.2 Å². The highest BCUT2D eigenvalue weighted by Gasteiger charge is 1.92. The van der Waals surface area contributed by atoms with Gasteiger partial charge in [-0.15, -0.1) is 6.58 Å². The van der Waals surface area contributed by atoms with Crippen LogP contribution < -0.4 is 0 Å². The maximum atomic E-state index is 5.55. The van der Waals surface area contributed by atoms with Crippen LogP contribution in [-0.4, -0.2) is 19.8 Å². The van der Waals surface area contributed by atoms with Crippen molar-refractivity contribution in [3.05, 3.63) is 48.6 Å².